The molecule has 2 rings (SSSR count). The number of hydrogen-bond donors (Lipinski definition) is 0. The van der Waals surface area contributed by atoms with Crippen LogP contribution in [0.15, 0.2) is 18.2 Å². The quantitative estimate of drug-likeness (QED) is 0.716. The Labute approximate surface area is 94.8 Å². The van der Waals surface area contributed by atoms with Gasteiger partial charge in [0.2, 0.25) is 5.91 Å². The van der Waals surface area contributed by atoms with Crippen LogP contribution in [0.2, 0.25) is 5.02 Å². The molecule has 0 spiro atoms. The molecule has 0 N–H and O–H groups in total. The highest BCUT2D eigenvalue weighted by atomic mass is 35.5. The molecule has 80 valence electrons. The number of rotatable bonds is 1. The summed E-state index contributed by atoms with van der Waals surface area (Å²) in [6, 6.07) is 5.79. The lowest BCUT2D eigenvalue weighted by Crippen LogP contribution is -2.35. The molecule has 1 amide bonds. The predicted octanol–water partition coefficient (Wildman–Crippen LogP) is 3.17. The molecule has 1 heterocycles. The minimum absolute atomic E-state index is 0.189. The van der Waals surface area contributed by atoms with Gasteiger partial charge in [0.1, 0.15) is 0 Å². The van der Waals surface area contributed by atoms with E-state index in [1.807, 2.05) is 25.1 Å². The Hall–Kier alpha value is -1.02. The van der Waals surface area contributed by atoms with Gasteiger partial charge in [0.15, 0.2) is 0 Å². The Morgan fingerprint density at radius 3 is 2.87 bits per heavy atom. The number of nitrogens with zero attached hydrogens (tertiary/aromatic N) is 1. The van der Waals surface area contributed by atoms with Gasteiger partial charge in [-0.3, -0.25) is 4.79 Å². The van der Waals surface area contributed by atoms with E-state index in [9.17, 15) is 4.79 Å². The highest BCUT2D eigenvalue weighted by molar-refractivity contribution is 6.33. The van der Waals surface area contributed by atoms with Gasteiger partial charge in [-0.25, -0.2) is 0 Å². The van der Waals surface area contributed by atoms with E-state index in [2.05, 4.69) is 0 Å². The zero-order valence-electron chi connectivity index (χ0n) is 8.79. The van der Waals surface area contributed by atoms with Gasteiger partial charge in [-0.1, -0.05) is 17.7 Å². The standard InChI is InChI=1S/C12H14ClNO/c1-9-5-6-10(13)11(8-9)14-7-3-2-4-12(14)15/h5-6,8H,2-4,7H2,1H3. The summed E-state index contributed by atoms with van der Waals surface area (Å²) in [5.41, 5.74) is 1.99. The summed E-state index contributed by atoms with van der Waals surface area (Å²) in [5.74, 6) is 0.189. The molecular weight excluding hydrogens is 210 g/mol. The summed E-state index contributed by atoms with van der Waals surface area (Å²) in [7, 11) is 0. The molecular formula is C12H14ClNO. The van der Waals surface area contributed by atoms with Crippen molar-refractivity contribution in [2.45, 2.75) is 26.2 Å². The first-order chi connectivity index (χ1) is 7.18. The third-order valence-electron chi connectivity index (χ3n) is 2.72. The number of carbonyl (C=O) groups excluding carboxylic acids is 1. The van der Waals surface area contributed by atoms with Gasteiger partial charge < -0.3 is 4.90 Å². The number of piperidine rings is 1. The molecule has 1 fully saturated rings. The Morgan fingerprint density at radius 1 is 1.33 bits per heavy atom. The number of hydrogen-bond acceptors (Lipinski definition) is 1. The second-order valence-electron chi connectivity index (χ2n) is 3.96. The minimum Gasteiger partial charge on any atom is -0.311 e. The summed E-state index contributed by atoms with van der Waals surface area (Å²) in [5, 5.41) is 0.663. The molecule has 1 aromatic rings. The lowest BCUT2D eigenvalue weighted by molar-refractivity contribution is -0.119. The van der Waals surface area contributed by atoms with Crippen molar-refractivity contribution in [3.8, 4) is 0 Å². The second-order valence-corrected chi connectivity index (χ2v) is 4.36. The number of halogens is 1. The maximum atomic E-state index is 11.7. The van der Waals surface area contributed by atoms with Crippen LogP contribution in [0.1, 0.15) is 24.8 Å². The number of amides is 1. The number of carbonyl (C=O) groups is 1. The smallest absolute Gasteiger partial charge is 0.227 e. The first-order valence-electron chi connectivity index (χ1n) is 5.25. The van der Waals surface area contributed by atoms with E-state index >= 15 is 0 Å². The predicted molar refractivity (Wildman–Crippen MR) is 62.4 cm³/mol. The molecule has 0 aromatic heterocycles. The normalized spacial score (nSPS) is 16.9. The van der Waals surface area contributed by atoms with Gasteiger partial charge in [-0.05, 0) is 37.5 Å². The Bertz CT molecular complexity index is 389. The van der Waals surface area contributed by atoms with Gasteiger partial charge in [0, 0.05) is 13.0 Å². The molecule has 1 aliphatic heterocycles. The van der Waals surface area contributed by atoms with Gasteiger partial charge >= 0.3 is 0 Å². The van der Waals surface area contributed by atoms with Crippen molar-refractivity contribution in [3.05, 3.63) is 28.8 Å². The monoisotopic (exact) mass is 223 g/mol. The van der Waals surface area contributed by atoms with Crippen LogP contribution in [0.5, 0.6) is 0 Å². The van der Waals surface area contributed by atoms with Crippen molar-refractivity contribution in [1.82, 2.24) is 0 Å². The van der Waals surface area contributed by atoms with Crippen LogP contribution in [-0.4, -0.2) is 12.5 Å². The van der Waals surface area contributed by atoms with Crippen LogP contribution in [0.3, 0.4) is 0 Å². The zero-order valence-corrected chi connectivity index (χ0v) is 9.55. The van der Waals surface area contributed by atoms with Gasteiger partial charge in [-0.2, -0.15) is 0 Å². The summed E-state index contributed by atoms with van der Waals surface area (Å²) < 4.78 is 0. The highest BCUT2D eigenvalue weighted by Crippen LogP contribution is 2.29. The molecule has 0 unspecified atom stereocenters. The van der Waals surface area contributed by atoms with E-state index in [0.717, 1.165) is 30.6 Å². The Kier molecular flexibility index (Phi) is 2.96. The van der Waals surface area contributed by atoms with Crippen molar-refractivity contribution < 1.29 is 4.79 Å². The van der Waals surface area contributed by atoms with E-state index < -0.39 is 0 Å². The van der Waals surface area contributed by atoms with Crippen LogP contribution in [-0.2, 0) is 4.79 Å². The van der Waals surface area contributed by atoms with Crippen LogP contribution >= 0.6 is 11.6 Å². The van der Waals surface area contributed by atoms with E-state index in [-0.39, 0.29) is 5.91 Å². The maximum absolute atomic E-state index is 11.7. The third kappa shape index (κ3) is 2.15. The highest BCUT2D eigenvalue weighted by Gasteiger charge is 2.21. The van der Waals surface area contributed by atoms with Crippen LogP contribution in [0.4, 0.5) is 5.69 Å². The summed E-state index contributed by atoms with van der Waals surface area (Å²) in [6.07, 6.45) is 2.71. The fourth-order valence-electron chi connectivity index (χ4n) is 1.89. The molecule has 0 radical (unpaired) electrons. The molecule has 1 aliphatic rings. The summed E-state index contributed by atoms with van der Waals surface area (Å²) >= 11 is 6.10. The lowest BCUT2D eigenvalue weighted by atomic mass is 10.1. The zero-order chi connectivity index (χ0) is 10.8. The molecule has 1 aromatic carbocycles. The number of aryl methyl sites for hydroxylation is 1. The molecule has 1 saturated heterocycles. The van der Waals surface area contributed by atoms with Gasteiger partial charge in [0.25, 0.3) is 0 Å². The SMILES string of the molecule is Cc1ccc(Cl)c(N2CCCCC2=O)c1. The number of benzene rings is 1. The fourth-order valence-corrected chi connectivity index (χ4v) is 2.11. The molecule has 0 aliphatic carbocycles. The fraction of sp³-hybridized carbons (Fsp3) is 0.417. The molecule has 0 atom stereocenters. The van der Waals surface area contributed by atoms with Crippen molar-refractivity contribution in [2.75, 3.05) is 11.4 Å². The molecule has 0 saturated carbocycles. The van der Waals surface area contributed by atoms with Crippen molar-refractivity contribution >= 4 is 23.2 Å². The minimum atomic E-state index is 0.189. The summed E-state index contributed by atoms with van der Waals surface area (Å²) in [4.78, 5) is 13.5. The summed E-state index contributed by atoms with van der Waals surface area (Å²) in [6.45, 7) is 2.80. The average Bonchev–Trinajstić information content (AvgIpc) is 2.23. The van der Waals surface area contributed by atoms with E-state index in [0.29, 0.717) is 11.4 Å². The van der Waals surface area contributed by atoms with Gasteiger partial charge in [0.05, 0.1) is 10.7 Å². The van der Waals surface area contributed by atoms with E-state index in [1.165, 1.54) is 0 Å². The van der Waals surface area contributed by atoms with Crippen molar-refractivity contribution in [3.63, 3.8) is 0 Å². The average molecular weight is 224 g/mol. The molecule has 15 heavy (non-hydrogen) atoms. The van der Waals surface area contributed by atoms with Crippen LogP contribution < -0.4 is 4.90 Å². The second kappa shape index (κ2) is 4.23. The van der Waals surface area contributed by atoms with Gasteiger partial charge in [-0.15, -0.1) is 0 Å². The molecule has 0 bridgehead atoms. The van der Waals surface area contributed by atoms with Crippen molar-refractivity contribution in [2.24, 2.45) is 0 Å². The first-order valence-corrected chi connectivity index (χ1v) is 5.63. The maximum Gasteiger partial charge on any atom is 0.227 e. The van der Waals surface area contributed by atoms with E-state index in [4.69, 9.17) is 11.6 Å². The first kappa shape index (κ1) is 10.5. The lowest BCUT2D eigenvalue weighted by Gasteiger charge is -2.27. The largest absolute Gasteiger partial charge is 0.311 e. The van der Waals surface area contributed by atoms with Crippen LogP contribution in [0.25, 0.3) is 0 Å². The topological polar surface area (TPSA) is 20.3 Å². The molecule has 2 nitrogen and oxygen atoms in total. The van der Waals surface area contributed by atoms with Crippen molar-refractivity contribution in [1.29, 1.82) is 0 Å². The number of anilines is 1. The van der Waals surface area contributed by atoms with Crippen LogP contribution in [0, 0.1) is 6.92 Å². The Morgan fingerprint density at radius 2 is 2.13 bits per heavy atom. The molecule has 3 heteroatoms. The third-order valence-corrected chi connectivity index (χ3v) is 3.04. The van der Waals surface area contributed by atoms with E-state index in [1.54, 1.807) is 4.90 Å². The Balaban J connectivity index is 2.34.